The van der Waals surface area contributed by atoms with Crippen molar-refractivity contribution in [1.29, 1.82) is 0 Å². The molecule has 1 rings (SSSR count). The van der Waals surface area contributed by atoms with Gasteiger partial charge in [0, 0.05) is 11.2 Å². The molecule has 0 saturated carbocycles. The number of halogens is 3. The van der Waals surface area contributed by atoms with Crippen molar-refractivity contribution in [2.45, 2.75) is 32.5 Å². The first kappa shape index (κ1) is 16.6. The van der Waals surface area contributed by atoms with E-state index in [1.807, 2.05) is 4.72 Å². The summed E-state index contributed by atoms with van der Waals surface area (Å²) < 4.78 is 66.1. The largest absolute Gasteiger partial charge is 0.418 e. The molecule has 0 saturated heterocycles. The third-order valence-corrected chi connectivity index (χ3v) is 3.40. The van der Waals surface area contributed by atoms with E-state index in [-0.39, 0.29) is 5.69 Å². The van der Waals surface area contributed by atoms with Crippen LogP contribution in [-0.4, -0.2) is 14.0 Å². The zero-order chi connectivity index (χ0) is 15.8. The summed E-state index contributed by atoms with van der Waals surface area (Å²) in [6, 6.07) is 2.83. The number of alkyl halides is 3. The van der Waals surface area contributed by atoms with Gasteiger partial charge in [-0.15, -0.1) is 0 Å². The van der Waals surface area contributed by atoms with Gasteiger partial charge in [-0.3, -0.25) is 4.72 Å². The van der Waals surface area contributed by atoms with Crippen molar-refractivity contribution in [2.24, 2.45) is 0 Å². The Bertz CT molecular complexity index is 592. The molecule has 4 N–H and O–H groups in total. The van der Waals surface area contributed by atoms with E-state index in [4.69, 9.17) is 5.73 Å². The lowest BCUT2D eigenvalue weighted by Crippen LogP contribution is -2.43. The van der Waals surface area contributed by atoms with E-state index < -0.39 is 33.2 Å². The summed E-state index contributed by atoms with van der Waals surface area (Å²) >= 11 is 0. The molecule has 0 heterocycles. The molecule has 0 unspecified atom stereocenters. The molecule has 5 nitrogen and oxygen atoms in total. The average molecular weight is 311 g/mol. The minimum absolute atomic E-state index is 0.107. The Hall–Kier alpha value is -1.48. The zero-order valence-electron chi connectivity index (χ0n) is 11.2. The molecule has 0 amide bonds. The molecule has 0 bridgehead atoms. The van der Waals surface area contributed by atoms with Gasteiger partial charge in [-0.1, -0.05) is 0 Å². The lowest BCUT2D eigenvalue weighted by molar-refractivity contribution is -0.136. The SMILES string of the molecule is CC(C)(C)NS(=O)(=O)Nc1ccc(N)cc1C(F)(F)F. The van der Waals surface area contributed by atoms with Crippen molar-refractivity contribution in [2.75, 3.05) is 10.5 Å². The summed E-state index contributed by atoms with van der Waals surface area (Å²) in [7, 11) is -4.13. The van der Waals surface area contributed by atoms with Crippen LogP contribution < -0.4 is 15.2 Å². The number of rotatable bonds is 3. The predicted octanol–water partition coefficient (Wildman–Crippen LogP) is 2.33. The third-order valence-electron chi connectivity index (χ3n) is 2.03. The second kappa shape index (κ2) is 5.13. The van der Waals surface area contributed by atoms with E-state index in [2.05, 4.69) is 4.72 Å². The van der Waals surface area contributed by atoms with Crippen molar-refractivity contribution in [3.05, 3.63) is 23.8 Å². The van der Waals surface area contributed by atoms with E-state index in [0.29, 0.717) is 6.07 Å². The second-order valence-corrected chi connectivity index (χ2v) is 6.68. The van der Waals surface area contributed by atoms with Crippen LogP contribution in [0.15, 0.2) is 18.2 Å². The summed E-state index contributed by atoms with van der Waals surface area (Å²) in [5.74, 6) is 0. The van der Waals surface area contributed by atoms with Crippen LogP contribution in [0.1, 0.15) is 26.3 Å². The summed E-state index contributed by atoms with van der Waals surface area (Å²) in [5.41, 5.74) is 2.65. The quantitative estimate of drug-likeness (QED) is 0.749. The van der Waals surface area contributed by atoms with Gasteiger partial charge in [0.1, 0.15) is 0 Å². The Balaban J connectivity index is 3.16. The van der Waals surface area contributed by atoms with E-state index in [1.54, 1.807) is 20.8 Å². The molecule has 0 aliphatic carbocycles. The van der Waals surface area contributed by atoms with Gasteiger partial charge in [-0.05, 0) is 39.0 Å². The summed E-state index contributed by atoms with van der Waals surface area (Å²) in [4.78, 5) is 0. The van der Waals surface area contributed by atoms with Gasteiger partial charge in [0.25, 0.3) is 10.2 Å². The smallest absolute Gasteiger partial charge is 0.399 e. The Morgan fingerprint density at radius 1 is 1.15 bits per heavy atom. The van der Waals surface area contributed by atoms with Crippen LogP contribution in [0.4, 0.5) is 24.5 Å². The fourth-order valence-corrected chi connectivity index (χ4v) is 2.78. The number of hydrogen-bond donors (Lipinski definition) is 3. The third kappa shape index (κ3) is 4.89. The molecule has 0 radical (unpaired) electrons. The van der Waals surface area contributed by atoms with Crippen LogP contribution in [0.2, 0.25) is 0 Å². The second-order valence-electron chi connectivity index (χ2n) is 5.26. The van der Waals surface area contributed by atoms with Gasteiger partial charge >= 0.3 is 6.18 Å². The van der Waals surface area contributed by atoms with Gasteiger partial charge in [0.15, 0.2) is 0 Å². The van der Waals surface area contributed by atoms with Crippen molar-refractivity contribution < 1.29 is 21.6 Å². The standard InChI is InChI=1S/C11H16F3N3O2S/c1-10(2,3)17-20(18,19)16-9-5-4-7(15)6-8(9)11(12,13)14/h4-6,16-17H,15H2,1-3H3. The zero-order valence-corrected chi connectivity index (χ0v) is 12.0. The van der Waals surface area contributed by atoms with Crippen LogP contribution in [-0.2, 0) is 16.4 Å². The topological polar surface area (TPSA) is 84.2 Å². The molecule has 0 atom stereocenters. The van der Waals surface area contributed by atoms with E-state index in [0.717, 1.165) is 6.07 Å². The van der Waals surface area contributed by atoms with E-state index >= 15 is 0 Å². The Morgan fingerprint density at radius 3 is 2.15 bits per heavy atom. The molecule has 9 heteroatoms. The molecule has 0 aromatic heterocycles. The predicted molar refractivity (Wildman–Crippen MR) is 71.3 cm³/mol. The first-order valence-corrected chi connectivity index (χ1v) is 7.07. The number of anilines is 2. The normalized spacial score (nSPS) is 13.3. The van der Waals surface area contributed by atoms with Crippen LogP contribution >= 0.6 is 0 Å². The highest BCUT2D eigenvalue weighted by atomic mass is 32.2. The number of hydrogen-bond acceptors (Lipinski definition) is 3. The molecule has 0 fully saturated rings. The first-order valence-electron chi connectivity index (χ1n) is 5.59. The van der Waals surface area contributed by atoms with Gasteiger partial charge in [0.05, 0.1) is 11.3 Å². The van der Waals surface area contributed by atoms with Crippen LogP contribution in [0.25, 0.3) is 0 Å². The average Bonchev–Trinajstić information content (AvgIpc) is 2.14. The lowest BCUT2D eigenvalue weighted by atomic mass is 10.1. The number of nitrogen functional groups attached to an aromatic ring is 1. The fraction of sp³-hybridized carbons (Fsp3) is 0.455. The lowest BCUT2D eigenvalue weighted by Gasteiger charge is -2.22. The maximum absolute atomic E-state index is 12.8. The van der Waals surface area contributed by atoms with Gasteiger partial charge in [0.2, 0.25) is 0 Å². The van der Waals surface area contributed by atoms with Crippen molar-refractivity contribution in [3.8, 4) is 0 Å². The monoisotopic (exact) mass is 311 g/mol. The van der Waals surface area contributed by atoms with Crippen LogP contribution in [0.3, 0.4) is 0 Å². The van der Waals surface area contributed by atoms with Gasteiger partial charge < -0.3 is 5.73 Å². The van der Waals surface area contributed by atoms with Crippen molar-refractivity contribution in [3.63, 3.8) is 0 Å². The van der Waals surface area contributed by atoms with Gasteiger partial charge in [-0.25, -0.2) is 0 Å². The molecule has 0 aliphatic heterocycles. The molecule has 1 aromatic carbocycles. The molecule has 20 heavy (non-hydrogen) atoms. The Labute approximate surface area is 115 Å². The summed E-state index contributed by atoms with van der Waals surface area (Å²) in [5, 5.41) is 0. The maximum atomic E-state index is 12.8. The summed E-state index contributed by atoms with van der Waals surface area (Å²) in [6.45, 7) is 4.71. The first-order chi connectivity index (χ1) is 8.80. The summed E-state index contributed by atoms with van der Waals surface area (Å²) in [6.07, 6.45) is -4.71. The van der Waals surface area contributed by atoms with E-state index in [9.17, 15) is 21.6 Å². The Morgan fingerprint density at radius 2 is 1.70 bits per heavy atom. The molecule has 114 valence electrons. The number of nitrogens with one attached hydrogen (secondary N) is 2. The van der Waals surface area contributed by atoms with Crippen LogP contribution in [0, 0.1) is 0 Å². The highest BCUT2D eigenvalue weighted by Crippen LogP contribution is 2.36. The molecular weight excluding hydrogens is 295 g/mol. The van der Waals surface area contributed by atoms with Crippen LogP contribution in [0.5, 0.6) is 0 Å². The Kier molecular flexibility index (Phi) is 4.25. The van der Waals surface area contributed by atoms with Gasteiger partial charge in [-0.2, -0.15) is 26.3 Å². The molecular formula is C11H16F3N3O2S. The van der Waals surface area contributed by atoms with E-state index in [1.165, 1.54) is 6.07 Å². The molecule has 1 aromatic rings. The fourth-order valence-electron chi connectivity index (χ4n) is 1.46. The van der Waals surface area contributed by atoms with Crippen molar-refractivity contribution >= 4 is 21.6 Å². The molecule has 0 spiro atoms. The molecule has 0 aliphatic rings. The van der Waals surface area contributed by atoms with Crippen molar-refractivity contribution in [1.82, 2.24) is 4.72 Å². The highest BCUT2D eigenvalue weighted by molar-refractivity contribution is 7.90. The maximum Gasteiger partial charge on any atom is 0.418 e. The number of benzene rings is 1. The highest BCUT2D eigenvalue weighted by Gasteiger charge is 2.35. The minimum atomic E-state index is -4.71. The minimum Gasteiger partial charge on any atom is -0.399 e. The number of nitrogens with two attached hydrogens (primary N) is 1.